The Hall–Kier alpha value is -3.67. The van der Waals surface area contributed by atoms with Crippen molar-refractivity contribution < 1.29 is 14.3 Å². The first-order valence-electron chi connectivity index (χ1n) is 8.95. The summed E-state index contributed by atoms with van der Waals surface area (Å²) in [6, 6.07) is 18.8. The Bertz CT molecular complexity index is 1020. The van der Waals surface area contributed by atoms with E-state index in [1.165, 1.54) is 5.01 Å². The number of hydrazone groups is 1. The zero-order valence-corrected chi connectivity index (χ0v) is 15.6. The first-order chi connectivity index (χ1) is 13.5. The maximum absolute atomic E-state index is 12.9. The Kier molecular flexibility index (Phi) is 4.53. The van der Waals surface area contributed by atoms with Crippen molar-refractivity contribution >= 4 is 23.4 Å². The molecule has 0 N–H and O–H groups in total. The summed E-state index contributed by atoms with van der Waals surface area (Å²) in [6.45, 7) is 3.96. The van der Waals surface area contributed by atoms with Gasteiger partial charge < -0.3 is 4.74 Å². The molecule has 2 aliphatic rings. The van der Waals surface area contributed by atoms with E-state index < -0.39 is 6.09 Å². The fourth-order valence-electron chi connectivity index (χ4n) is 3.20. The van der Waals surface area contributed by atoms with Gasteiger partial charge in [0.25, 0.3) is 5.91 Å². The highest BCUT2D eigenvalue weighted by Crippen LogP contribution is 2.29. The van der Waals surface area contributed by atoms with Gasteiger partial charge in [0.2, 0.25) is 0 Å². The van der Waals surface area contributed by atoms with E-state index in [2.05, 4.69) is 5.10 Å². The standard InChI is InChI=1S/C22H19N3O3/c1-15-13-19(28-22(27)24(15)14-17-9-5-3-6-10-17)20-16(2)23-25(21(20)26)18-11-7-4-8-12-18/h3-13H,14H2,1-2H3/b20-19+. The van der Waals surface area contributed by atoms with Crippen molar-refractivity contribution in [3.8, 4) is 0 Å². The quantitative estimate of drug-likeness (QED) is 0.757. The number of hydrogen-bond donors (Lipinski definition) is 0. The third-order valence-corrected chi connectivity index (χ3v) is 4.63. The predicted octanol–water partition coefficient (Wildman–Crippen LogP) is 4.22. The van der Waals surface area contributed by atoms with Gasteiger partial charge in [-0.05, 0) is 31.5 Å². The van der Waals surface area contributed by atoms with Crippen molar-refractivity contribution in [1.29, 1.82) is 0 Å². The number of carbonyl (C=O) groups is 2. The fourth-order valence-corrected chi connectivity index (χ4v) is 3.20. The predicted molar refractivity (Wildman–Crippen MR) is 106 cm³/mol. The maximum atomic E-state index is 12.9. The Labute approximate surface area is 163 Å². The zero-order valence-electron chi connectivity index (χ0n) is 15.6. The summed E-state index contributed by atoms with van der Waals surface area (Å²) in [7, 11) is 0. The molecule has 6 nitrogen and oxygen atoms in total. The molecule has 28 heavy (non-hydrogen) atoms. The number of anilines is 1. The van der Waals surface area contributed by atoms with Crippen LogP contribution < -0.4 is 5.01 Å². The van der Waals surface area contributed by atoms with Crippen molar-refractivity contribution in [1.82, 2.24) is 4.90 Å². The molecule has 2 aromatic carbocycles. The molecule has 2 heterocycles. The molecule has 4 rings (SSSR count). The molecule has 0 fully saturated rings. The summed E-state index contributed by atoms with van der Waals surface area (Å²) in [5.41, 5.74) is 3.18. The van der Waals surface area contributed by atoms with E-state index in [4.69, 9.17) is 4.74 Å². The van der Waals surface area contributed by atoms with E-state index >= 15 is 0 Å². The van der Waals surface area contributed by atoms with Gasteiger partial charge in [-0.15, -0.1) is 0 Å². The zero-order chi connectivity index (χ0) is 19.7. The highest BCUT2D eigenvalue weighted by Gasteiger charge is 2.35. The van der Waals surface area contributed by atoms with Crippen molar-refractivity contribution in [2.75, 3.05) is 5.01 Å². The lowest BCUT2D eigenvalue weighted by Gasteiger charge is -2.27. The van der Waals surface area contributed by atoms with Crippen molar-refractivity contribution in [3.63, 3.8) is 0 Å². The smallest absolute Gasteiger partial charge is 0.409 e. The van der Waals surface area contributed by atoms with Crippen LogP contribution in [0.25, 0.3) is 0 Å². The van der Waals surface area contributed by atoms with Crippen LogP contribution in [-0.2, 0) is 16.1 Å². The molecule has 2 aromatic rings. The van der Waals surface area contributed by atoms with Gasteiger partial charge in [0, 0.05) is 11.8 Å². The van der Waals surface area contributed by atoms with Gasteiger partial charge in [-0.2, -0.15) is 10.1 Å². The van der Waals surface area contributed by atoms with Crippen LogP contribution in [0.2, 0.25) is 0 Å². The van der Waals surface area contributed by atoms with E-state index in [1.54, 1.807) is 30.0 Å². The lowest BCUT2D eigenvalue weighted by molar-refractivity contribution is -0.114. The Morgan fingerprint density at radius 3 is 2.21 bits per heavy atom. The fraction of sp³-hybridized carbons (Fsp3) is 0.136. The summed E-state index contributed by atoms with van der Waals surface area (Å²) in [5.74, 6) is -0.0800. The van der Waals surface area contributed by atoms with Gasteiger partial charge in [-0.25, -0.2) is 4.79 Å². The van der Waals surface area contributed by atoms with Crippen molar-refractivity contribution in [3.05, 3.63) is 89.3 Å². The Balaban J connectivity index is 1.65. The number of amides is 2. The number of rotatable bonds is 3. The molecule has 0 atom stereocenters. The van der Waals surface area contributed by atoms with E-state index in [9.17, 15) is 9.59 Å². The van der Waals surface area contributed by atoms with Gasteiger partial charge in [-0.3, -0.25) is 9.69 Å². The number of nitrogens with zero attached hydrogens (tertiary/aromatic N) is 3. The molecule has 0 bridgehead atoms. The monoisotopic (exact) mass is 373 g/mol. The number of ether oxygens (including phenoxy) is 1. The molecular weight excluding hydrogens is 354 g/mol. The Morgan fingerprint density at radius 2 is 1.57 bits per heavy atom. The third-order valence-electron chi connectivity index (χ3n) is 4.63. The summed E-state index contributed by atoms with van der Waals surface area (Å²) in [6.07, 6.45) is 1.20. The van der Waals surface area contributed by atoms with Crippen LogP contribution in [0.3, 0.4) is 0 Å². The molecule has 140 valence electrons. The van der Waals surface area contributed by atoms with Gasteiger partial charge in [-0.1, -0.05) is 48.5 Å². The second kappa shape index (κ2) is 7.15. The van der Waals surface area contributed by atoms with E-state index in [0.717, 1.165) is 5.56 Å². The number of benzene rings is 2. The minimum atomic E-state index is -0.509. The molecule has 0 aliphatic carbocycles. The lowest BCUT2D eigenvalue weighted by Crippen LogP contribution is -2.33. The van der Waals surface area contributed by atoms with Crippen LogP contribution in [0, 0.1) is 0 Å². The van der Waals surface area contributed by atoms with Gasteiger partial charge in [0.1, 0.15) is 11.3 Å². The summed E-state index contributed by atoms with van der Waals surface area (Å²) in [4.78, 5) is 27.1. The van der Waals surface area contributed by atoms with Crippen LogP contribution in [0.1, 0.15) is 19.4 Å². The molecule has 2 aliphatic heterocycles. The second-order valence-corrected chi connectivity index (χ2v) is 6.60. The third kappa shape index (κ3) is 3.20. The van der Waals surface area contributed by atoms with Crippen LogP contribution >= 0.6 is 0 Å². The first-order valence-corrected chi connectivity index (χ1v) is 8.95. The van der Waals surface area contributed by atoms with Crippen molar-refractivity contribution in [2.45, 2.75) is 20.4 Å². The highest BCUT2D eigenvalue weighted by atomic mass is 16.6. The number of hydrogen-bond acceptors (Lipinski definition) is 4. The number of allylic oxidation sites excluding steroid dienone is 2. The van der Waals surface area contributed by atoms with Gasteiger partial charge in [0.15, 0.2) is 0 Å². The van der Waals surface area contributed by atoms with Crippen LogP contribution in [0.5, 0.6) is 0 Å². The summed E-state index contributed by atoms with van der Waals surface area (Å²) >= 11 is 0. The number of para-hydroxylation sites is 1. The minimum absolute atomic E-state index is 0.233. The molecule has 0 radical (unpaired) electrons. The van der Waals surface area contributed by atoms with Crippen LogP contribution in [-0.4, -0.2) is 22.6 Å². The topological polar surface area (TPSA) is 62.2 Å². The number of cyclic esters (lactones) is 1. The normalized spacial score (nSPS) is 19.5. The van der Waals surface area contributed by atoms with Crippen LogP contribution in [0.15, 0.2) is 88.9 Å². The van der Waals surface area contributed by atoms with Gasteiger partial charge >= 0.3 is 6.09 Å². The molecule has 0 saturated carbocycles. The van der Waals surface area contributed by atoms with E-state index in [0.29, 0.717) is 29.2 Å². The van der Waals surface area contributed by atoms with Gasteiger partial charge in [0.05, 0.1) is 17.9 Å². The number of carbonyl (C=O) groups excluding carboxylic acids is 2. The molecule has 2 amide bonds. The summed E-state index contributed by atoms with van der Waals surface area (Å²) < 4.78 is 5.51. The lowest BCUT2D eigenvalue weighted by atomic mass is 10.1. The maximum Gasteiger partial charge on any atom is 0.419 e. The largest absolute Gasteiger partial charge is 0.419 e. The summed E-state index contributed by atoms with van der Waals surface area (Å²) in [5, 5.41) is 5.67. The Morgan fingerprint density at radius 1 is 0.929 bits per heavy atom. The molecule has 0 saturated heterocycles. The molecule has 0 spiro atoms. The second-order valence-electron chi connectivity index (χ2n) is 6.60. The van der Waals surface area contributed by atoms with E-state index in [-0.39, 0.29) is 11.7 Å². The molecule has 6 heteroatoms. The minimum Gasteiger partial charge on any atom is -0.409 e. The van der Waals surface area contributed by atoms with Crippen LogP contribution in [0.4, 0.5) is 10.5 Å². The van der Waals surface area contributed by atoms with E-state index in [1.807, 2.05) is 55.5 Å². The molecule has 0 unspecified atom stereocenters. The average molecular weight is 373 g/mol. The first kappa shape index (κ1) is 17.7. The highest BCUT2D eigenvalue weighted by molar-refractivity contribution is 6.30. The van der Waals surface area contributed by atoms with Crippen molar-refractivity contribution in [2.24, 2.45) is 5.10 Å². The molecule has 0 aromatic heterocycles. The SMILES string of the molecule is CC1=C/C(=C2\C(=O)N(c3ccccc3)N=C2C)OC(=O)N1Cc1ccccc1. The molecular formula is C22H19N3O3. The average Bonchev–Trinajstić information content (AvgIpc) is 3.00.